The Balaban J connectivity index is 1.33. The number of carbonyl (C=O) groups excluding carboxylic acids is 4. The van der Waals surface area contributed by atoms with Crippen molar-refractivity contribution in [2.75, 3.05) is 16.8 Å². The Labute approximate surface area is 239 Å². The van der Waals surface area contributed by atoms with Crippen LogP contribution in [0.3, 0.4) is 0 Å². The molecule has 0 unspecified atom stereocenters. The summed E-state index contributed by atoms with van der Waals surface area (Å²) in [6.45, 7) is 1.95. The van der Waals surface area contributed by atoms with Gasteiger partial charge in [-0.2, -0.15) is 0 Å². The van der Waals surface area contributed by atoms with Crippen molar-refractivity contribution in [3.8, 4) is 0 Å². The maximum atomic E-state index is 14.2. The van der Waals surface area contributed by atoms with E-state index in [2.05, 4.69) is 15.6 Å². The normalized spacial score (nSPS) is 24.7. The number of aromatic nitrogens is 1. The molecule has 4 atom stereocenters. The third-order valence-corrected chi connectivity index (χ3v) is 8.66. The number of carbonyl (C=O) groups is 4. The van der Waals surface area contributed by atoms with Gasteiger partial charge in [-0.3, -0.25) is 19.7 Å². The van der Waals surface area contributed by atoms with E-state index in [4.69, 9.17) is 16.3 Å². The van der Waals surface area contributed by atoms with Crippen LogP contribution in [0.25, 0.3) is 10.9 Å². The number of hydrogen-bond donors (Lipinski definition) is 3. The first-order valence-corrected chi connectivity index (χ1v) is 13.8. The van der Waals surface area contributed by atoms with Crippen molar-refractivity contribution in [1.82, 2.24) is 10.3 Å². The number of H-pyrrole nitrogens is 1. The maximum absolute atomic E-state index is 14.2. The van der Waals surface area contributed by atoms with Crippen molar-refractivity contribution < 1.29 is 23.9 Å². The number of para-hydroxylation sites is 1. The Hall–Kier alpha value is -4.47. The second kappa shape index (κ2) is 9.29. The number of rotatable bonds is 5. The molecule has 1 aromatic heterocycles. The summed E-state index contributed by atoms with van der Waals surface area (Å²) in [4.78, 5) is 58.8. The van der Waals surface area contributed by atoms with Crippen LogP contribution in [0.4, 0.5) is 11.4 Å². The lowest BCUT2D eigenvalue weighted by Gasteiger charge is -2.29. The van der Waals surface area contributed by atoms with Gasteiger partial charge in [-0.05, 0) is 67.4 Å². The van der Waals surface area contributed by atoms with Crippen LogP contribution >= 0.6 is 11.6 Å². The lowest BCUT2D eigenvalue weighted by atomic mass is 9.76. The fourth-order valence-corrected chi connectivity index (χ4v) is 6.87. The molecule has 9 nitrogen and oxygen atoms in total. The summed E-state index contributed by atoms with van der Waals surface area (Å²) >= 11 is 6.37. The zero-order valence-electron chi connectivity index (χ0n) is 21.9. The number of amides is 3. The van der Waals surface area contributed by atoms with Crippen LogP contribution in [0.5, 0.6) is 0 Å². The summed E-state index contributed by atoms with van der Waals surface area (Å²) in [6, 6.07) is 18.5. The van der Waals surface area contributed by atoms with E-state index in [9.17, 15) is 19.2 Å². The van der Waals surface area contributed by atoms with E-state index in [-0.39, 0.29) is 6.61 Å². The number of esters is 1. The quantitative estimate of drug-likeness (QED) is 0.245. The largest absolute Gasteiger partial charge is 0.462 e. The molecule has 3 aliphatic rings. The van der Waals surface area contributed by atoms with Gasteiger partial charge in [0, 0.05) is 39.4 Å². The summed E-state index contributed by atoms with van der Waals surface area (Å²) in [6.07, 6.45) is 2.31. The topological polar surface area (TPSA) is 121 Å². The second-order valence-corrected chi connectivity index (χ2v) is 11.0. The predicted octanol–water partition coefficient (Wildman–Crippen LogP) is 4.17. The Morgan fingerprint density at radius 1 is 1.02 bits per heavy atom. The molecule has 206 valence electrons. The molecule has 3 aliphatic heterocycles. The van der Waals surface area contributed by atoms with E-state index >= 15 is 0 Å². The van der Waals surface area contributed by atoms with Gasteiger partial charge in [-0.25, -0.2) is 9.69 Å². The van der Waals surface area contributed by atoms with Crippen molar-refractivity contribution in [1.29, 1.82) is 0 Å². The van der Waals surface area contributed by atoms with Crippen LogP contribution in [-0.2, 0) is 31.1 Å². The van der Waals surface area contributed by atoms with Crippen molar-refractivity contribution in [3.05, 3.63) is 94.6 Å². The molecule has 0 bridgehead atoms. The minimum atomic E-state index is -1.48. The van der Waals surface area contributed by atoms with Crippen LogP contribution in [0, 0.1) is 11.8 Å². The lowest BCUT2D eigenvalue weighted by Crippen LogP contribution is -2.53. The summed E-state index contributed by atoms with van der Waals surface area (Å²) in [7, 11) is 0. The third-order valence-electron chi connectivity index (χ3n) is 8.43. The Morgan fingerprint density at radius 2 is 1.80 bits per heavy atom. The highest BCUT2D eigenvalue weighted by Crippen LogP contribution is 2.54. The third kappa shape index (κ3) is 3.66. The first kappa shape index (κ1) is 25.5. The number of ether oxygens (including phenoxy) is 1. The van der Waals surface area contributed by atoms with Crippen LogP contribution in [-0.4, -0.2) is 41.3 Å². The predicted molar refractivity (Wildman–Crippen MR) is 153 cm³/mol. The van der Waals surface area contributed by atoms with E-state index in [0.717, 1.165) is 21.4 Å². The van der Waals surface area contributed by atoms with Gasteiger partial charge in [0.05, 0.1) is 29.7 Å². The second-order valence-electron chi connectivity index (χ2n) is 10.5. The van der Waals surface area contributed by atoms with Gasteiger partial charge in [0.2, 0.25) is 17.7 Å². The molecule has 0 saturated carbocycles. The standard InChI is InChI=1S/C31H25ClN4O5/c1-2-41-29(39)16-7-10-19(11-8-16)36-27(37)25-24(13-17-15-33-22-6-4-3-5-20(17)22)35-31(26(25)28(36)38)21-14-18(32)9-12-23(21)34-30(31)40/h3-12,14-15,24-26,33,35H,2,13H2,1H3,(H,34,40)/t24-,25+,26+,31+/m0/s1. The van der Waals surface area contributed by atoms with Crippen LogP contribution < -0.4 is 15.5 Å². The highest BCUT2D eigenvalue weighted by molar-refractivity contribution is 6.31. The molecule has 0 aliphatic carbocycles. The zero-order valence-corrected chi connectivity index (χ0v) is 22.7. The van der Waals surface area contributed by atoms with Gasteiger partial charge in [0.15, 0.2) is 0 Å². The molecule has 2 fully saturated rings. The number of aromatic amines is 1. The average Bonchev–Trinajstić information content (AvgIpc) is 3.68. The zero-order chi connectivity index (χ0) is 28.5. The molecule has 41 heavy (non-hydrogen) atoms. The summed E-state index contributed by atoms with van der Waals surface area (Å²) in [5, 5.41) is 7.79. The van der Waals surface area contributed by atoms with Crippen molar-refractivity contribution >= 4 is 57.6 Å². The molecule has 4 heterocycles. The minimum Gasteiger partial charge on any atom is -0.462 e. The number of imide groups is 1. The molecular formula is C31H25ClN4O5. The minimum absolute atomic E-state index is 0.230. The number of anilines is 2. The molecule has 1 spiro atoms. The van der Waals surface area contributed by atoms with E-state index in [1.165, 1.54) is 12.1 Å². The summed E-state index contributed by atoms with van der Waals surface area (Å²) in [5.74, 6) is -3.60. The fraction of sp³-hybridized carbons (Fsp3) is 0.226. The number of benzene rings is 3. The number of nitrogens with one attached hydrogen (secondary N) is 3. The average molecular weight is 569 g/mol. The van der Waals surface area contributed by atoms with Crippen LogP contribution in [0.1, 0.15) is 28.4 Å². The molecule has 3 N–H and O–H groups in total. The highest BCUT2D eigenvalue weighted by Gasteiger charge is 2.70. The Kier molecular flexibility index (Phi) is 5.78. The van der Waals surface area contributed by atoms with E-state index in [1.807, 2.05) is 30.5 Å². The Morgan fingerprint density at radius 3 is 2.59 bits per heavy atom. The monoisotopic (exact) mass is 568 g/mol. The molecule has 3 amide bonds. The van der Waals surface area contributed by atoms with Gasteiger partial charge in [-0.15, -0.1) is 0 Å². The Bertz CT molecular complexity index is 1770. The van der Waals surface area contributed by atoms with Gasteiger partial charge >= 0.3 is 5.97 Å². The van der Waals surface area contributed by atoms with E-state index in [1.54, 1.807) is 37.3 Å². The van der Waals surface area contributed by atoms with Crippen LogP contribution in [0.2, 0.25) is 5.02 Å². The lowest BCUT2D eigenvalue weighted by molar-refractivity contribution is -0.130. The van der Waals surface area contributed by atoms with Crippen LogP contribution in [0.15, 0.2) is 72.9 Å². The summed E-state index contributed by atoms with van der Waals surface area (Å²) < 4.78 is 5.06. The van der Waals surface area contributed by atoms with Crippen molar-refractivity contribution in [2.24, 2.45) is 11.8 Å². The molecule has 10 heteroatoms. The van der Waals surface area contributed by atoms with Gasteiger partial charge < -0.3 is 15.0 Å². The number of fused-ring (bicyclic) bond motifs is 5. The first-order chi connectivity index (χ1) is 19.8. The molecule has 3 aromatic carbocycles. The highest BCUT2D eigenvalue weighted by atomic mass is 35.5. The first-order valence-electron chi connectivity index (χ1n) is 13.4. The number of hydrogen-bond acceptors (Lipinski definition) is 6. The van der Waals surface area contributed by atoms with E-state index < -0.39 is 47.1 Å². The van der Waals surface area contributed by atoms with Gasteiger partial charge in [0.25, 0.3) is 0 Å². The smallest absolute Gasteiger partial charge is 0.338 e. The summed E-state index contributed by atoms with van der Waals surface area (Å²) in [5.41, 5.74) is 2.18. The molecular weight excluding hydrogens is 544 g/mol. The van der Waals surface area contributed by atoms with Crippen molar-refractivity contribution in [3.63, 3.8) is 0 Å². The van der Waals surface area contributed by atoms with Crippen molar-refractivity contribution in [2.45, 2.75) is 24.9 Å². The van der Waals surface area contributed by atoms with Gasteiger partial charge in [0.1, 0.15) is 5.54 Å². The fourth-order valence-electron chi connectivity index (χ4n) is 6.70. The molecule has 2 saturated heterocycles. The number of halogens is 1. The van der Waals surface area contributed by atoms with E-state index in [0.29, 0.717) is 33.9 Å². The SMILES string of the molecule is CCOC(=O)c1ccc(N2C(=O)[C@@H]3[C@H](Cc4c[nH]c5ccccc45)N[C@@]4(C(=O)Nc5ccc(Cl)cc54)[C@H]3C2=O)cc1. The number of nitrogens with zero attached hydrogens (tertiary/aromatic N) is 1. The molecule has 7 rings (SSSR count). The maximum Gasteiger partial charge on any atom is 0.338 e. The molecule has 0 radical (unpaired) electrons. The molecule has 4 aromatic rings. The van der Waals surface area contributed by atoms with Gasteiger partial charge in [-0.1, -0.05) is 29.8 Å².